The van der Waals surface area contributed by atoms with Gasteiger partial charge in [-0.2, -0.15) is 0 Å². The van der Waals surface area contributed by atoms with Gasteiger partial charge in [-0.1, -0.05) is 23.7 Å². The van der Waals surface area contributed by atoms with Crippen LogP contribution >= 0.6 is 11.6 Å². The van der Waals surface area contributed by atoms with Crippen LogP contribution in [0.3, 0.4) is 0 Å². The van der Waals surface area contributed by atoms with E-state index in [0.717, 1.165) is 11.8 Å². The van der Waals surface area contributed by atoms with E-state index in [0.29, 0.717) is 5.02 Å². The van der Waals surface area contributed by atoms with Crippen LogP contribution in [0.15, 0.2) is 28.7 Å². The molecule has 0 aromatic heterocycles. The van der Waals surface area contributed by atoms with Crippen LogP contribution < -0.4 is 11.1 Å². The van der Waals surface area contributed by atoms with Crippen LogP contribution in [0.2, 0.25) is 5.02 Å². The van der Waals surface area contributed by atoms with Crippen molar-refractivity contribution < 1.29 is 17.9 Å². The molecule has 0 fully saturated rings. The number of halogens is 1. The molecule has 24 heavy (non-hydrogen) atoms. The van der Waals surface area contributed by atoms with Crippen LogP contribution in [0.5, 0.6) is 0 Å². The van der Waals surface area contributed by atoms with Gasteiger partial charge in [0.15, 0.2) is 0 Å². The summed E-state index contributed by atoms with van der Waals surface area (Å²) in [5.74, 6) is -0.224. The zero-order chi connectivity index (χ0) is 18.5. The van der Waals surface area contributed by atoms with Gasteiger partial charge in [0.2, 0.25) is 0 Å². The molecule has 1 aromatic rings. The summed E-state index contributed by atoms with van der Waals surface area (Å²) in [6.45, 7) is 5.15. The normalized spacial score (nSPS) is 14.1. The molecule has 0 bridgehead atoms. The van der Waals surface area contributed by atoms with Crippen molar-refractivity contribution in [3.8, 4) is 0 Å². The molecule has 7 nitrogen and oxygen atoms in total. The number of carbonyl (C=O) groups is 1. The van der Waals surface area contributed by atoms with Gasteiger partial charge >= 0.3 is 6.09 Å². The van der Waals surface area contributed by atoms with Crippen LogP contribution in [0.1, 0.15) is 26.3 Å². The first-order valence-corrected chi connectivity index (χ1v) is 9.37. The molecular formula is C15H22ClN3O4S. The zero-order valence-electron chi connectivity index (χ0n) is 14.0. The Kier molecular flexibility index (Phi) is 6.62. The molecule has 1 unspecified atom stereocenters. The summed E-state index contributed by atoms with van der Waals surface area (Å²) < 4.78 is 31.3. The number of hydrogen-bond acceptors (Lipinski definition) is 4. The summed E-state index contributed by atoms with van der Waals surface area (Å²) >= 11 is 5.84. The smallest absolute Gasteiger partial charge is 0.408 e. The topological polar surface area (TPSA) is 111 Å². The van der Waals surface area contributed by atoms with Crippen LogP contribution in [-0.2, 0) is 21.2 Å². The molecule has 0 aliphatic carbocycles. The first-order chi connectivity index (χ1) is 10.9. The van der Waals surface area contributed by atoms with Crippen LogP contribution in [0.4, 0.5) is 4.79 Å². The van der Waals surface area contributed by atoms with E-state index >= 15 is 0 Å². The SMILES string of the molecule is CC(C)(C)OC(=O)NC(Cc1ccc(Cl)cc1)C(N)=NS(C)(=O)=O. The molecule has 0 aliphatic heterocycles. The highest BCUT2D eigenvalue weighted by molar-refractivity contribution is 7.89. The van der Waals surface area contributed by atoms with Gasteiger partial charge in [-0.25, -0.2) is 13.2 Å². The lowest BCUT2D eigenvalue weighted by Gasteiger charge is -2.23. The lowest BCUT2D eigenvalue weighted by Crippen LogP contribution is -2.48. The molecule has 0 saturated carbocycles. The molecule has 134 valence electrons. The Balaban J connectivity index is 3.00. The summed E-state index contributed by atoms with van der Waals surface area (Å²) in [5, 5.41) is 3.11. The second-order valence-corrected chi connectivity index (χ2v) is 8.36. The number of nitrogens with two attached hydrogens (primary N) is 1. The third kappa shape index (κ3) is 8.16. The maximum absolute atomic E-state index is 12.0. The van der Waals surface area contributed by atoms with Gasteiger partial charge in [-0.05, 0) is 38.5 Å². The number of carbonyl (C=O) groups excluding carboxylic acids is 1. The molecule has 0 heterocycles. The predicted molar refractivity (Wildman–Crippen MR) is 94.8 cm³/mol. The molecule has 3 N–H and O–H groups in total. The third-order valence-electron chi connectivity index (χ3n) is 2.67. The van der Waals surface area contributed by atoms with E-state index < -0.39 is 27.8 Å². The highest BCUT2D eigenvalue weighted by Crippen LogP contribution is 2.12. The van der Waals surface area contributed by atoms with E-state index in [1.807, 2.05) is 0 Å². The highest BCUT2D eigenvalue weighted by Gasteiger charge is 2.23. The number of ether oxygens (including phenoxy) is 1. The second kappa shape index (κ2) is 7.85. The van der Waals surface area contributed by atoms with Crippen molar-refractivity contribution in [2.24, 2.45) is 10.1 Å². The molecule has 0 saturated heterocycles. The Morgan fingerprint density at radius 3 is 2.33 bits per heavy atom. The summed E-state index contributed by atoms with van der Waals surface area (Å²) in [7, 11) is -3.69. The van der Waals surface area contributed by atoms with Crippen LogP contribution in [0, 0.1) is 0 Å². The fourth-order valence-corrected chi connectivity index (χ4v) is 2.43. The highest BCUT2D eigenvalue weighted by atomic mass is 35.5. The Labute approximate surface area is 147 Å². The predicted octanol–water partition coefficient (Wildman–Crippen LogP) is 2.09. The zero-order valence-corrected chi connectivity index (χ0v) is 15.6. The minimum absolute atomic E-state index is 0.224. The van der Waals surface area contributed by atoms with Gasteiger partial charge in [0, 0.05) is 11.4 Å². The number of nitrogens with zero attached hydrogens (tertiary/aromatic N) is 1. The van der Waals surface area contributed by atoms with E-state index in [2.05, 4.69) is 9.71 Å². The maximum atomic E-state index is 12.0. The van der Waals surface area contributed by atoms with E-state index in [1.165, 1.54) is 0 Å². The number of amidine groups is 1. The Morgan fingerprint density at radius 1 is 1.33 bits per heavy atom. The Bertz CT molecular complexity index is 709. The molecule has 1 rings (SSSR count). The lowest BCUT2D eigenvalue weighted by molar-refractivity contribution is 0.0517. The van der Waals surface area contributed by atoms with Crippen LogP contribution in [-0.4, -0.2) is 38.2 Å². The summed E-state index contributed by atoms with van der Waals surface area (Å²) in [5.41, 5.74) is 5.87. The Hall–Kier alpha value is -1.80. The molecule has 9 heteroatoms. The van der Waals surface area contributed by atoms with Crippen molar-refractivity contribution in [1.82, 2.24) is 5.32 Å². The Morgan fingerprint density at radius 2 is 1.88 bits per heavy atom. The molecule has 1 aromatic carbocycles. The van der Waals surface area contributed by atoms with Crippen molar-refractivity contribution in [1.29, 1.82) is 0 Å². The molecular weight excluding hydrogens is 354 g/mol. The van der Waals surface area contributed by atoms with Gasteiger partial charge < -0.3 is 15.8 Å². The van der Waals surface area contributed by atoms with Crippen molar-refractivity contribution in [2.45, 2.75) is 38.8 Å². The summed E-state index contributed by atoms with van der Waals surface area (Å²) in [4.78, 5) is 12.0. The fraction of sp³-hybridized carbons (Fsp3) is 0.467. The van der Waals surface area contributed by atoms with E-state index in [9.17, 15) is 13.2 Å². The average molecular weight is 376 g/mol. The minimum Gasteiger partial charge on any atom is -0.444 e. The van der Waals surface area contributed by atoms with Crippen molar-refractivity contribution in [3.05, 3.63) is 34.9 Å². The van der Waals surface area contributed by atoms with Crippen molar-refractivity contribution in [3.63, 3.8) is 0 Å². The summed E-state index contributed by atoms with van der Waals surface area (Å²) in [6.07, 6.45) is 0.446. The number of alkyl carbamates (subject to hydrolysis) is 1. The van der Waals surface area contributed by atoms with Gasteiger partial charge in [-0.15, -0.1) is 4.40 Å². The van der Waals surface area contributed by atoms with E-state index in [1.54, 1.807) is 45.0 Å². The number of amides is 1. The fourth-order valence-electron chi connectivity index (χ4n) is 1.79. The maximum Gasteiger partial charge on any atom is 0.408 e. The molecule has 1 atom stereocenters. The molecule has 0 aliphatic rings. The quantitative estimate of drug-likeness (QED) is 0.604. The first kappa shape index (κ1) is 20.2. The number of benzene rings is 1. The average Bonchev–Trinajstić information content (AvgIpc) is 2.36. The van der Waals surface area contributed by atoms with Crippen molar-refractivity contribution >= 4 is 33.6 Å². The van der Waals surface area contributed by atoms with E-state index in [-0.39, 0.29) is 12.3 Å². The molecule has 1 amide bonds. The van der Waals surface area contributed by atoms with E-state index in [4.69, 9.17) is 22.1 Å². The summed E-state index contributed by atoms with van der Waals surface area (Å²) in [6, 6.07) is 6.03. The second-order valence-electron chi connectivity index (χ2n) is 6.28. The van der Waals surface area contributed by atoms with Crippen LogP contribution in [0.25, 0.3) is 0 Å². The van der Waals surface area contributed by atoms with Crippen molar-refractivity contribution in [2.75, 3.05) is 6.26 Å². The lowest BCUT2D eigenvalue weighted by atomic mass is 10.1. The van der Waals surface area contributed by atoms with Gasteiger partial charge in [0.05, 0.1) is 12.3 Å². The molecule has 0 spiro atoms. The minimum atomic E-state index is -3.69. The largest absolute Gasteiger partial charge is 0.444 e. The number of sulfonamides is 1. The number of rotatable bonds is 5. The molecule has 0 radical (unpaired) electrons. The first-order valence-electron chi connectivity index (χ1n) is 7.15. The monoisotopic (exact) mass is 375 g/mol. The third-order valence-corrected chi connectivity index (χ3v) is 3.47. The number of hydrogen-bond donors (Lipinski definition) is 2. The standard InChI is InChI=1S/C15H22ClN3O4S/c1-15(2,3)23-14(20)18-12(13(17)19-24(4,21)22)9-10-5-7-11(16)8-6-10/h5-8,12H,9H2,1-4H3,(H2,17,19)(H,18,20). The van der Waals surface area contributed by atoms with Gasteiger partial charge in [-0.3, -0.25) is 0 Å². The van der Waals surface area contributed by atoms with Gasteiger partial charge in [0.25, 0.3) is 10.0 Å². The number of nitrogens with one attached hydrogen (secondary N) is 1. The van der Waals surface area contributed by atoms with Gasteiger partial charge in [0.1, 0.15) is 11.4 Å².